The van der Waals surface area contributed by atoms with Crippen LogP contribution in [0.15, 0.2) is 146 Å². The van der Waals surface area contributed by atoms with Crippen molar-refractivity contribution in [3.8, 4) is 33.8 Å². The summed E-state index contributed by atoms with van der Waals surface area (Å²) in [6.45, 7) is 19.6. The number of hydrogen-bond acceptors (Lipinski definition) is 14. The number of para-hydroxylation sites is 2. The molecule has 0 spiro atoms. The number of nitrogens with one attached hydrogen (secondary N) is 4. The number of aliphatic hydroxyl groups excluding tert-OH is 3. The fourth-order valence-electron chi connectivity index (χ4n) is 17.6. The summed E-state index contributed by atoms with van der Waals surface area (Å²) >= 11 is 0. The molecule has 8 fully saturated rings. The second-order valence-electron chi connectivity index (χ2n) is 30.3. The minimum absolute atomic E-state index is 0.0321. The first-order chi connectivity index (χ1) is 47.3. The Morgan fingerprint density at radius 1 is 0.586 bits per heavy atom. The van der Waals surface area contributed by atoms with Gasteiger partial charge in [0.15, 0.2) is 0 Å². The van der Waals surface area contributed by atoms with Crippen molar-refractivity contribution < 1.29 is 57.3 Å². The van der Waals surface area contributed by atoms with Crippen LogP contribution in [0, 0.1) is 64.1 Å². The lowest BCUT2D eigenvalue weighted by Crippen LogP contribution is -2.62. The lowest BCUT2D eigenvalue weighted by Gasteiger charge is -2.62. The zero-order valence-corrected chi connectivity index (χ0v) is 60.2. The van der Waals surface area contributed by atoms with E-state index in [-0.39, 0.29) is 73.7 Å². The standard InChI is InChI=1S/C40H53N3O6S.C40H51N3O6/c1-25(2)36-35(24-44)49-43(37(36)39(45)41-34-22-30-21-33(26(34)3)40(30,4)5)23-29-15-11-17-32(38(29)48-6)28-14-10-16-31(20-28)42-50(46,47)19-18-27-12-8-7-9-13-27;1-24-32-20-29(40(32,3)4)21-33(24)42-39(47)37-36(25(2)45)34(23-44)49-43(37)22-28-14-10-16-31(38(28)48-5)27-13-9-15-30(19-27)41-35(46)18-17-26-11-7-6-8-12-26/h7-17,20,25-26,30,33-37,42,44H,18-19,21-24H2,1-6H3,(H,41,45);6-16,19,24-25,29,32-34,36-37,44-45H,17-18,20-23H2,1-5H3,(H,41,46)(H,42,47)/t26-,30+,33-,34-,35-,36-,37-;24-,25-,29+,32-,33-,34-,36-,37-/m00/s1. The number of amides is 3. The van der Waals surface area contributed by atoms with E-state index in [4.69, 9.17) is 19.1 Å². The third kappa shape index (κ3) is 15.8. The Bertz CT molecular complexity index is 3890. The first-order valence-electron chi connectivity index (χ1n) is 35.6. The van der Waals surface area contributed by atoms with Gasteiger partial charge in [0, 0.05) is 64.0 Å². The number of fused-ring (bicyclic) bond motifs is 4. The molecular formula is C80H104N6O12S. The van der Waals surface area contributed by atoms with E-state index in [9.17, 15) is 38.1 Å². The van der Waals surface area contributed by atoms with Crippen LogP contribution in [-0.2, 0) is 60.0 Å². The summed E-state index contributed by atoms with van der Waals surface area (Å²) in [4.78, 5) is 53.7. The summed E-state index contributed by atoms with van der Waals surface area (Å²) in [5.41, 5.74) is 8.69. The Labute approximate surface area is 585 Å². The predicted molar refractivity (Wildman–Crippen MR) is 386 cm³/mol. The number of sulfonamides is 1. The molecule has 4 bridgehead atoms. The molecule has 3 amide bonds. The van der Waals surface area contributed by atoms with Gasteiger partial charge in [-0.1, -0.05) is 177 Å². The predicted octanol–water partition coefficient (Wildman–Crippen LogP) is 11.9. The van der Waals surface area contributed by atoms with E-state index in [1.165, 1.54) is 12.8 Å². The number of nitrogens with zero attached hydrogens (tertiary/aromatic N) is 2. The van der Waals surface area contributed by atoms with Crippen LogP contribution >= 0.6 is 0 Å². The number of aliphatic hydroxyl groups is 3. The van der Waals surface area contributed by atoms with E-state index in [2.05, 4.69) is 76.1 Å². The van der Waals surface area contributed by atoms with E-state index in [0.29, 0.717) is 88.5 Å². The van der Waals surface area contributed by atoms with Crippen molar-refractivity contribution >= 4 is 39.1 Å². The number of rotatable bonds is 25. The molecule has 7 N–H and O–H groups in total. The van der Waals surface area contributed by atoms with Gasteiger partial charge < -0.3 is 40.7 Å². The highest BCUT2D eigenvalue weighted by Gasteiger charge is 2.59. The van der Waals surface area contributed by atoms with Gasteiger partial charge in [0.25, 0.3) is 0 Å². The summed E-state index contributed by atoms with van der Waals surface area (Å²) in [6.07, 6.45) is 3.69. The summed E-state index contributed by atoms with van der Waals surface area (Å²) in [6, 6.07) is 44.8. The second kappa shape index (κ2) is 31.0. The van der Waals surface area contributed by atoms with Gasteiger partial charge in [-0.2, -0.15) is 10.1 Å². The summed E-state index contributed by atoms with van der Waals surface area (Å²) < 4.78 is 40.7. The SMILES string of the molecule is COc1c(CN2O[C@@H](CO)[C@H](C(C)C)[C@H]2C(=O)N[C@H]2C[C@H]3C[C@@H]([C@@H]2C)C3(C)C)cccc1-c1cccc(NS(=O)(=O)CCc2ccccc2)c1.COc1c(CN2O[C@@H](CO)[C@H]([C@H](C)O)[C@H]2C(=O)N[C@H]2C[C@H]3C[C@@H]([C@@H]2C)C3(C)C)cccc1-c1cccc(NC(=O)CCc2ccccc2)c1. The van der Waals surface area contributed by atoms with Gasteiger partial charge in [-0.05, 0) is 144 Å². The Kier molecular flexibility index (Phi) is 22.8. The normalized spacial score (nSPS) is 27.7. The molecule has 0 unspecified atom stereocenters. The molecule has 99 heavy (non-hydrogen) atoms. The molecule has 2 saturated heterocycles. The minimum atomic E-state index is -3.59. The highest BCUT2D eigenvalue weighted by Crippen LogP contribution is 2.62. The van der Waals surface area contributed by atoms with Crippen LogP contribution in [0.3, 0.4) is 0 Å². The highest BCUT2D eigenvalue weighted by atomic mass is 32.2. The maximum Gasteiger partial charge on any atom is 0.240 e. The lowest BCUT2D eigenvalue weighted by atomic mass is 9.45. The molecule has 8 aliphatic rings. The summed E-state index contributed by atoms with van der Waals surface area (Å²) in [5.74, 6) is 3.25. The van der Waals surface area contributed by atoms with Gasteiger partial charge in [0.2, 0.25) is 27.7 Å². The number of carbonyl (C=O) groups excluding carboxylic acids is 3. The van der Waals surface area contributed by atoms with Crippen molar-refractivity contribution in [2.75, 3.05) is 43.2 Å². The first kappa shape index (κ1) is 73.0. The Hall–Kier alpha value is -7.20. The topological polar surface area (TPSA) is 238 Å². The molecule has 18 nitrogen and oxygen atoms in total. The van der Waals surface area contributed by atoms with Gasteiger partial charge >= 0.3 is 0 Å². The molecule has 0 radical (unpaired) electrons. The third-order valence-electron chi connectivity index (χ3n) is 23.5. The molecule has 2 aliphatic heterocycles. The average molecular weight is 1370 g/mol. The average Bonchev–Trinajstić information content (AvgIpc) is 1.39. The molecule has 14 rings (SSSR count). The molecular weight excluding hydrogens is 1270 g/mol. The van der Waals surface area contributed by atoms with Gasteiger partial charge in [0.05, 0.1) is 52.4 Å². The second-order valence-corrected chi connectivity index (χ2v) is 32.2. The van der Waals surface area contributed by atoms with Crippen molar-refractivity contribution in [2.45, 2.75) is 163 Å². The number of benzene rings is 6. The van der Waals surface area contributed by atoms with Crippen LogP contribution in [0.5, 0.6) is 11.5 Å². The summed E-state index contributed by atoms with van der Waals surface area (Å²) in [5, 5.41) is 44.6. The quantitative estimate of drug-likeness (QED) is 0.0282. The molecule has 532 valence electrons. The summed E-state index contributed by atoms with van der Waals surface area (Å²) in [7, 11) is -0.370. The number of methoxy groups -OCH3 is 2. The fraction of sp³-hybridized carbons (Fsp3) is 0.512. The minimum Gasteiger partial charge on any atom is -0.496 e. The Morgan fingerprint density at radius 3 is 1.47 bits per heavy atom. The lowest BCUT2D eigenvalue weighted by molar-refractivity contribution is -0.183. The van der Waals surface area contributed by atoms with Crippen molar-refractivity contribution in [3.63, 3.8) is 0 Å². The van der Waals surface area contributed by atoms with Gasteiger partial charge in [-0.3, -0.25) is 28.8 Å². The van der Waals surface area contributed by atoms with Crippen LogP contribution in [0.25, 0.3) is 22.3 Å². The van der Waals surface area contributed by atoms with Gasteiger partial charge in [-0.25, -0.2) is 8.42 Å². The molecule has 0 aromatic heterocycles. The highest BCUT2D eigenvalue weighted by molar-refractivity contribution is 7.92. The molecule has 15 atom stereocenters. The van der Waals surface area contributed by atoms with E-state index < -0.39 is 46.3 Å². The number of ether oxygens (including phenoxy) is 2. The molecule has 6 saturated carbocycles. The Morgan fingerprint density at radius 2 is 1.03 bits per heavy atom. The molecule has 2 heterocycles. The third-order valence-corrected chi connectivity index (χ3v) is 24.8. The molecule has 6 aliphatic carbocycles. The van der Waals surface area contributed by atoms with Crippen LogP contribution in [0.2, 0.25) is 0 Å². The van der Waals surface area contributed by atoms with E-state index >= 15 is 0 Å². The maximum atomic E-state index is 14.2. The zero-order valence-electron chi connectivity index (χ0n) is 59.4. The number of hydrogen-bond donors (Lipinski definition) is 7. The smallest absolute Gasteiger partial charge is 0.240 e. The number of hydroxylamine groups is 4. The van der Waals surface area contributed by atoms with Crippen molar-refractivity contribution in [3.05, 3.63) is 168 Å². The fourth-order valence-corrected chi connectivity index (χ4v) is 18.7. The molecule has 6 aromatic rings. The van der Waals surface area contributed by atoms with Gasteiger partial charge in [0.1, 0.15) is 35.8 Å². The largest absolute Gasteiger partial charge is 0.496 e. The van der Waals surface area contributed by atoms with Crippen LogP contribution in [-0.4, -0.2) is 127 Å². The van der Waals surface area contributed by atoms with E-state index in [0.717, 1.165) is 57.3 Å². The molecule has 19 heteroatoms. The van der Waals surface area contributed by atoms with E-state index in [1.807, 2.05) is 133 Å². The molecule has 6 aromatic carbocycles. The van der Waals surface area contributed by atoms with Gasteiger partial charge in [-0.15, -0.1) is 0 Å². The monoisotopic (exact) mass is 1370 g/mol. The van der Waals surface area contributed by atoms with Crippen LogP contribution in [0.4, 0.5) is 11.4 Å². The van der Waals surface area contributed by atoms with Crippen molar-refractivity contribution in [1.29, 1.82) is 0 Å². The van der Waals surface area contributed by atoms with Crippen LogP contribution < -0.4 is 30.1 Å². The number of carbonyl (C=O) groups is 3. The zero-order chi connectivity index (χ0) is 70.7. The van der Waals surface area contributed by atoms with Crippen molar-refractivity contribution in [2.24, 2.45) is 64.1 Å². The van der Waals surface area contributed by atoms with Crippen LogP contribution in [0.1, 0.15) is 117 Å². The maximum absolute atomic E-state index is 14.2. The number of aryl methyl sites for hydroxylation is 2. The number of anilines is 2. The Balaban J connectivity index is 0.000000200. The van der Waals surface area contributed by atoms with E-state index in [1.54, 1.807) is 43.4 Å². The first-order valence-corrected chi connectivity index (χ1v) is 37.3. The van der Waals surface area contributed by atoms with Crippen molar-refractivity contribution in [1.82, 2.24) is 20.8 Å².